The number of aliphatic carboxylic acids is 3. The summed E-state index contributed by atoms with van der Waals surface area (Å²) in [6.45, 7) is -1.42. The van der Waals surface area contributed by atoms with Crippen LogP contribution < -0.4 is 19.3 Å². The van der Waals surface area contributed by atoms with Gasteiger partial charge in [-0.25, -0.2) is 8.78 Å². The van der Waals surface area contributed by atoms with E-state index in [1.165, 1.54) is 24.0 Å². The smallest absolute Gasteiger partial charge is 0.323 e. The number of carbonyl (C=O) groups is 4. The molecule has 0 atom stereocenters. The van der Waals surface area contributed by atoms with E-state index in [1.54, 1.807) is 0 Å². The predicted octanol–water partition coefficient (Wildman–Crippen LogP) is 1.88. The molecule has 0 heterocycles. The van der Waals surface area contributed by atoms with Gasteiger partial charge < -0.3 is 34.6 Å². The lowest BCUT2D eigenvalue weighted by molar-refractivity contribution is -0.137. The monoisotopic (exact) mass is 510 g/mol. The average Bonchev–Trinajstić information content (AvgIpc) is 2.74. The molecule has 0 saturated heterocycles. The fourth-order valence-corrected chi connectivity index (χ4v) is 3.24. The fourth-order valence-electron chi connectivity index (χ4n) is 3.24. The van der Waals surface area contributed by atoms with Crippen LogP contribution >= 0.6 is 0 Å². The number of hydrogen-bond donors (Lipinski definition) is 3. The highest BCUT2D eigenvalue weighted by Crippen LogP contribution is 2.31. The standard InChI is InChI=1S/C23H24F2N2O9/c1-14(28)10-26(11-21(29)30)17-4-2-15(24)8-19(17)35-6-7-36-20-9-16(25)3-5-18(20)27(12-22(31)32)13-23(33)34/h2-5,8-9H,6-7,10-13H2,1H3,(H,29,30)(H,31,32)(H,33,34). The molecular formula is C23H24F2N2O9. The van der Waals surface area contributed by atoms with Crippen molar-refractivity contribution < 1.29 is 52.8 Å². The summed E-state index contributed by atoms with van der Waals surface area (Å²) in [5.74, 6) is -5.81. The molecule has 0 bridgehead atoms. The lowest BCUT2D eigenvalue weighted by Gasteiger charge is -2.25. The Kier molecular flexibility index (Phi) is 9.95. The first-order valence-electron chi connectivity index (χ1n) is 10.5. The van der Waals surface area contributed by atoms with Crippen molar-refractivity contribution in [1.82, 2.24) is 0 Å². The van der Waals surface area contributed by atoms with Gasteiger partial charge in [0.05, 0.1) is 17.9 Å². The maximum Gasteiger partial charge on any atom is 0.323 e. The highest BCUT2D eigenvalue weighted by molar-refractivity contribution is 5.85. The number of rotatable bonds is 15. The Hall–Kier alpha value is -4.42. The van der Waals surface area contributed by atoms with Crippen molar-refractivity contribution in [2.75, 3.05) is 49.2 Å². The normalized spacial score (nSPS) is 10.4. The lowest BCUT2D eigenvalue weighted by atomic mass is 10.2. The number of hydrogen-bond acceptors (Lipinski definition) is 8. The molecular weight excluding hydrogens is 486 g/mol. The number of carbonyl (C=O) groups excluding carboxylic acids is 1. The summed E-state index contributed by atoms with van der Waals surface area (Å²) in [5.41, 5.74) is 0.163. The zero-order valence-corrected chi connectivity index (χ0v) is 19.1. The van der Waals surface area contributed by atoms with Crippen molar-refractivity contribution in [3.05, 3.63) is 48.0 Å². The molecule has 13 heteroatoms. The van der Waals surface area contributed by atoms with Crippen LogP contribution in [0, 0.1) is 11.6 Å². The number of ether oxygens (including phenoxy) is 2. The number of ketones is 1. The molecule has 0 unspecified atom stereocenters. The average molecular weight is 510 g/mol. The first kappa shape index (κ1) is 27.8. The summed E-state index contributed by atoms with van der Waals surface area (Å²) >= 11 is 0. The summed E-state index contributed by atoms with van der Waals surface area (Å²) in [6, 6.07) is 6.47. The topological polar surface area (TPSA) is 154 Å². The van der Waals surface area contributed by atoms with E-state index in [0.29, 0.717) is 0 Å². The van der Waals surface area contributed by atoms with Crippen molar-refractivity contribution >= 4 is 35.1 Å². The molecule has 0 aliphatic heterocycles. The van der Waals surface area contributed by atoms with Crippen molar-refractivity contribution in [2.24, 2.45) is 0 Å². The summed E-state index contributed by atoms with van der Waals surface area (Å²) < 4.78 is 38.7. The summed E-state index contributed by atoms with van der Waals surface area (Å²) in [4.78, 5) is 47.2. The molecule has 3 N–H and O–H groups in total. The van der Waals surface area contributed by atoms with E-state index in [4.69, 9.17) is 24.8 Å². The van der Waals surface area contributed by atoms with Gasteiger partial charge in [0.15, 0.2) is 0 Å². The van der Waals surface area contributed by atoms with Gasteiger partial charge in [0, 0.05) is 12.1 Å². The molecule has 2 aromatic rings. The first-order chi connectivity index (χ1) is 17.0. The molecule has 2 aromatic carbocycles. The van der Waals surface area contributed by atoms with E-state index in [1.807, 2.05) is 0 Å². The Labute approximate surface area is 204 Å². The molecule has 0 aromatic heterocycles. The summed E-state index contributed by atoms with van der Waals surface area (Å²) in [7, 11) is 0. The molecule has 36 heavy (non-hydrogen) atoms. The molecule has 0 radical (unpaired) electrons. The maximum atomic E-state index is 13.8. The van der Waals surface area contributed by atoms with Gasteiger partial charge in [-0.1, -0.05) is 0 Å². The highest BCUT2D eigenvalue weighted by atomic mass is 19.1. The SMILES string of the molecule is CC(=O)CN(CC(=O)O)c1ccc(F)cc1OCCOc1cc(F)ccc1N(CC(=O)O)CC(=O)O. The van der Waals surface area contributed by atoms with Crippen molar-refractivity contribution in [1.29, 1.82) is 0 Å². The molecule has 0 aliphatic carbocycles. The molecule has 0 spiro atoms. The first-order valence-corrected chi connectivity index (χ1v) is 10.5. The second-order valence-corrected chi connectivity index (χ2v) is 7.52. The second-order valence-electron chi connectivity index (χ2n) is 7.52. The molecule has 2 rings (SSSR count). The zero-order chi connectivity index (χ0) is 26.8. The third-order valence-corrected chi connectivity index (χ3v) is 4.52. The Morgan fingerprint density at radius 3 is 1.39 bits per heavy atom. The Morgan fingerprint density at radius 2 is 1.06 bits per heavy atom. The number of anilines is 2. The van der Waals surface area contributed by atoms with Crippen LogP contribution in [0.3, 0.4) is 0 Å². The molecule has 0 aliphatic rings. The van der Waals surface area contributed by atoms with Crippen LogP contribution in [0.15, 0.2) is 36.4 Å². The van der Waals surface area contributed by atoms with Gasteiger partial charge in [-0.15, -0.1) is 0 Å². The fraction of sp³-hybridized carbons (Fsp3) is 0.304. The van der Waals surface area contributed by atoms with Crippen LogP contribution in [-0.4, -0.2) is 78.4 Å². The van der Waals surface area contributed by atoms with E-state index in [-0.39, 0.29) is 48.4 Å². The van der Waals surface area contributed by atoms with E-state index in [0.717, 1.165) is 29.2 Å². The number of Topliss-reactive ketones (excluding diaryl/α,β-unsaturated/α-hetero) is 1. The van der Waals surface area contributed by atoms with Gasteiger partial charge >= 0.3 is 17.9 Å². The minimum Gasteiger partial charge on any atom is -0.488 e. The maximum absolute atomic E-state index is 13.8. The van der Waals surface area contributed by atoms with Crippen LogP contribution in [-0.2, 0) is 19.2 Å². The van der Waals surface area contributed by atoms with Crippen LogP contribution in [0.1, 0.15) is 6.92 Å². The number of carboxylic acid groups (broad SMARTS) is 3. The third kappa shape index (κ3) is 8.74. The highest BCUT2D eigenvalue weighted by Gasteiger charge is 2.20. The quantitative estimate of drug-likeness (QED) is 0.301. The summed E-state index contributed by atoms with van der Waals surface area (Å²) in [6.07, 6.45) is 0. The van der Waals surface area contributed by atoms with Gasteiger partial charge in [0.1, 0.15) is 61.8 Å². The van der Waals surface area contributed by atoms with E-state index < -0.39 is 49.2 Å². The predicted molar refractivity (Wildman–Crippen MR) is 122 cm³/mol. The van der Waals surface area contributed by atoms with E-state index in [2.05, 4.69) is 0 Å². The Morgan fingerprint density at radius 1 is 0.694 bits per heavy atom. The lowest BCUT2D eigenvalue weighted by Crippen LogP contribution is -2.35. The van der Waals surface area contributed by atoms with Crippen molar-refractivity contribution in [3.8, 4) is 11.5 Å². The number of benzene rings is 2. The minimum absolute atomic E-state index is 0.0155. The second kappa shape index (κ2) is 12.9. The van der Waals surface area contributed by atoms with Gasteiger partial charge in [0.25, 0.3) is 0 Å². The molecule has 0 saturated carbocycles. The summed E-state index contributed by atoms with van der Waals surface area (Å²) in [5, 5.41) is 27.3. The van der Waals surface area contributed by atoms with E-state index >= 15 is 0 Å². The molecule has 194 valence electrons. The van der Waals surface area contributed by atoms with Gasteiger partial charge in [-0.2, -0.15) is 0 Å². The Bertz CT molecular complexity index is 1010. The van der Waals surface area contributed by atoms with Gasteiger partial charge in [-0.05, 0) is 31.2 Å². The van der Waals surface area contributed by atoms with Crippen molar-refractivity contribution in [3.63, 3.8) is 0 Å². The van der Waals surface area contributed by atoms with Crippen LogP contribution in [0.5, 0.6) is 11.5 Å². The minimum atomic E-state index is -1.31. The molecule has 0 fully saturated rings. The molecule has 11 nitrogen and oxygen atoms in total. The van der Waals surface area contributed by atoms with Crippen LogP contribution in [0.25, 0.3) is 0 Å². The third-order valence-electron chi connectivity index (χ3n) is 4.52. The number of halogens is 2. The van der Waals surface area contributed by atoms with Crippen LogP contribution in [0.4, 0.5) is 20.2 Å². The van der Waals surface area contributed by atoms with E-state index in [9.17, 15) is 28.0 Å². The van der Waals surface area contributed by atoms with Crippen LogP contribution in [0.2, 0.25) is 0 Å². The van der Waals surface area contributed by atoms with Gasteiger partial charge in [0.2, 0.25) is 0 Å². The van der Waals surface area contributed by atoms with Crippen molar-refractivity contribution in [2.45, 2.75) is 6.92 Å². The van der Waals surface area contributed by atoms with Gasteiger partial charge in [-0.3, -0.25) is 19.2 Å². The largest absolute Gasteiger partial charge is 0.488 e. The Balaban J connectivity index is 2.19. The zero-order valence-electron chi connectivity index (χ0n) is 19.1. The number of nitrogens with zero attached hydrogens (tertiary/aromatic N) is 2. The number of carboxylic acids is 3. The molecule has 0 amide bonds.